The highest BCUT2D eigenvalue weighted by atomic mass is 32.1. The van der Waals surface area contributed by atoms with Crippen LogP contribution in [0.3, 0.4) is 0 Å². The van der Waals surface area contributed by atoms with Crippen LogP contribution in [0.2, 0.25) is 0 Å². The lowest BCUT2D eigenvalue weighted by Gasteiger charge is -2.17. The first kappa shape index (κ1) is 19.1. The summed E-state index contributed by atoms with van der Waals surface area (Å²) in [6.45, 7) is 1.98. The molecule has 154 valence electrons. The summed E-state index contributed by atoms with van der Waals surface area (Å²) in [4.78, 5) is 13.6. The van der Waals surface area contributed by atoms with Crippen molar-refractivity contribution in [2.75, 3.05) is 7.11 Å². The molecule has 0 saturated heterocycles. The van der Waals surface area contributed by atoms with Gasteiger partial charge in [0.25, 0.3) is 0 Å². The predicted octanol–water partition coefficient (Wildman–Crippen LogP) is 4.65. The normalized spacial score (nSPS) is 18.9. The van der Waals surface area contributed by atoms with Gasteiger partial charge in [0.2, 0.25) is 5.88 Å². The fourth-order valence-electron chi connectivity index (χ4n) is 3.85. The van der Waals surface area contributed by atoms with E-state index in [1.165, 1.54) is 17.4 Å². The summed E-state index contributed by atoms with van der Waals surface area (Å²) in [5.41, 5.74) is 3.85. The van der Waals surface area contributed by atoms with Crippen LogP contribution in [-0.2, 0) is 0 Å². The van der Waals surface area contributed by atoms with Crippen molar-refractivity contribution in [2.24, 2.45) is 0 Å². The summed E-state index contributed by atoms with van der Waals surface area (Å²) >= 11 is 1.45. The summed E-state index contributed by atoms with van der Waals surface area (Å²) < 4.78 is 26.4. The Morgan fingerprint density at radius 1 is 1.13 bits per heavy atom. The molecule has 2 aromatic carbocycles. The number of fused-ring (bicyclic) bond motifs is 2. The molecule has 1 fully saturated rings. The van der Waals surface area contributed by atoms with Crippen LogP contribution in [-0.4, -0.2) is 39.4 Å². The number of ether oxygens (including phenoxy) is 2. The van der Waals surface area contributed by atoms with E-state index in [2.05, 4.69) is 15.0 Å². The topological polar surface area (TPSA) is 77.4 Å². The molecule has 0 amide bonds. The highest BCUT2D eigenvalue weighted by Gasteiger charge is 2.28. The van der Waals surface area contributed by atoms with Crippen LogP contribution >= 0.6 is 11.3 Å². The van der Waals surface area contributed by atoms with Crippen molar-refractivity contribution in [2.45, 2.75) is 38.4 Å². The second-order valence-corrected chi connectivity index (χ2v) is 8.55. The Balaban J connectivity index is 1.58. The maximum Gasteiger partial charge on any atom is 0.232 e. The summed E-state index contributed by atoms with van der Waals surface area (Å²) in [5.74, 6) is 0.126. The highest BCUT2D eigenvalue weighted by molar-refractivity contribution is 7.21. The number of aliphatic hydroxyl groups is 1. The first-order valence-corrected chi connectivity index (χ1v) is 10.6. The Labute approximate surface area is 176 Å². The fourth-order valence-corrected chi connectivity index (χ4v) is 4.84. The molecule has 30 heavy (non-hydrogen) atoms. The van der Waals surface area contributed by atoms with Gasteiger partial charge >= 0.3 is 0 Å². The standard InChI is InChI=1S/C22H20FN3O3S/c1-11-6-12(21-15(7-11)25-20(28-2)10-24-21)22-26-14-8-13(23)18(9-19(14)30-22)29-17-5-3-4-16(17)27/h6-10,16-17,27H,3-5H2,1-2H3. The largest absolute Gasteiger partial charge is 0.485 e. The predicted molar refractivity (Wildman–Crippen MR) is 114 cm³/mol. The molecule has 2 atom stereocenters. The molecule has 1 N–H and O–H groups in total. The van der Waals surface area contributed by atoms with Crippen molar-refractivity contribution in [1.29, 1.82) is 0 Å². The van der Waals surface area contributed by atoms with E-state index in [1.807, 2.05) is 19.1 Å². The smallest absolute Gasteiger partial charge is 0.232 e. The molecule has 5 rings (SSSR count). The van der Waals surface area contributed by atoms with Gasteiger partial charge < -0.3 is 14.6 Å². The number of hydrogen-bond acceptors (Lipinski definition) is 7. The van der Waals surface area contributed by atoms with Crippen LogP contribution in [0, 0.1) is 12.7 Å². The number of methoxy groups -OCH3 is 1. The summed E-state index contributed by atoms with van der Waals surface area (Å²) in [7, 11) is 1.55. The molecule has 1 aliphatic carbocycles. The van der Waals surface area contributed by atoms with Gasteiger partial charge in [0.1, 0.15) is 11.1 Å². The Morgan fingerprint density at radius 2 is 2.00 bits per heavy atom. The number of thiazole rings is 1. The summed E-state index contributed by atoms with van der Waals surface area (Å²) in [5, 5.41) is 10.7. The van der Waals surface area contributed by atoms with Gasteiger partial charge in [-0.3, -0.25) is 0 Å². The Hall–Kier alpha value is -2.84. The third-order valence-electron chi connectivity index (χ3n) is 5.35. The van der Waals surface area contributed by atoms with Crippen molar-refractivity contribution < 1.29 is 19.0 Å². The maximum atomic E-state index is 14.6. The molecule has 2 heterocycles. The van der Waals surface area contributed by atoms with Crippen LogP contribution in [0.1, 0.15) is 24.8 Å². The van der Waals surface area contributed by atoms with E-state index in [-0.39, 0.29) is 11.9 Å². The van der Waals surface area contributed by atoms with Crippen LogP contribution in [0.4, 0.5) is 4.39 Å². The molecule has 0 aliphatic heterocycles. The Morgan fingerprint density at radius 3 is 2.77 bits per heavy atom. The minimum atomic E-state index is -0.550. The first-order chi connectivity index (χ1) is 14.5. The van der Waals surface area contributed by atoms with Gasteiger partial charge in [0.15, 0.2) is 11.6 Å². The van der Waals surface area contributed by atoms with E-state index in [1.54, 1.807) is 19.4 Å². The van der Waals surface area contributed by atoms with Gasteiger partial charge in [-0.05, 0) is 43.9 Å². The monoisotopic (exact) mass is 425 g/mol. The molecule has 4 aromatic rings. The van der Waals surface area contributed by atoms with E-state index >= 15 is 0 Å². The third-order valence-corrected chi connectivity index (χ3v) is 6.40. The second-order valence-electron chi connectivity index (χ2n) is 7.52. The van der Waals surface area contributed by atoms with E-state index in [0.29, 0.717) is 28.9 Å². The fraction of sp³-hybridized carbons (Fsp3) is 0.318. The Bertz CT molecular complexity index is 1260. The summed E-state index contributed by atoms with van der Waals surface area (Å²) in [6.07, 6.45) is 2.96. The number of halogens is 1. The highest BCUT2D eigenvalue weighted by Crippen LogP contribution is 2.37. The molecule has 8 heteroatoms. The number of hydrogen-bond donors (Lipinski definition) is 1. The molecule has 1 aliphatic rings. The zero-order chi connectivity index (χ0) is 20.8. The van der Waals surface area contributed by atoms with E-state index in [9.17, 15) is 9.50 Å². The summed E-state index contributed by atoms with van der Waals surface area (Å²) in [6, 6.07) is 7.01. The third kappa shape index (κ3) is 3.36. The zero-order valence-corrected chi connectivity index (χ0v) is 17.4. The minimum Gasteiger partial charge on any atom is -0.485 e. The SMILES string of the molecule is COc1cnc2c(-c3nc4cc(F)c(OC5CCCC5O)cc4s3)cc(C)cc2n1. The maximum absolute atomic E-state index is 14.6. The van der Waals surface area contributed by atoms with Gasteiger partial charge in [-0.25, -0.2) is 19.3 Å². The number of aliphatic hydroxyl groups excluding tert-OH is 1. The van der Waals surface area contributed by atoms with Gasteiger partial charge in [0, 0.05) is 17.7 Å². The van der Waals surface area contributed by atoms with Gasteiger partial charge in [-0.1, -0.05) is 0 Å². The lowest BCUT2D eigenvalue weighted by atomic mass is 10.1. The van der Waals surface area contributed by atoms with E-state index in [4.69, 9.17) is 9.47 Å². The van der Waals surface area contributed by atoms with Gasteiger partial charge in [0.05, 0.1) is 40.7 Å². The van der Waals surface area contributed by atoms with Crippen molar-refractivity contribution >= 4 is 32.6 Å². The van der Waals surface area contributed by atoms with Crippen molar-refractivity contribution in [3.63, 3.8) is 0 Å². The van der Waals surface area contributed by atoms with Crippen LogP contribution < -0.4 is 9.47 Å². The van der Waals surface area contributed by atoms with E-state index in [0.717, 1.165) is 33.7 Å². The number of aromatic nitrogens is 3. The van der Waals surface area contributed by atoms with Crippen LogP contribution in [0.5, 0.6) is 11.6 Å². The average Bonchev–Trinajstić information content (AvgIpc) is 3.32. The average molecular weight is 425 g/mol. The molecule has 0 spiro atoms. The molecular weight excluding hydrogens is 405 g/mol. The lowest BCUT2D eigenvalue weighted by Crippen LogP contribution is -2.25. The van der Waals surface area contributed by atoms with Crippen molar-refractivity contribution in [3.8, 4) is 22.2 Å². The molecule has 0 bridgehead atoms. The Kier molecular flexibility index (Phi) is 4.75. The van der Waals surface area contributed by atoms with Crippen molar-refractivity contribution in [3.05, 3.63) is 41.8 Å². The molecule has 2 aromatic heterocycles. The number of rotatable bonds is 4. The number of benzene rings is 2. The van der Waals surface area contributed by atoms with Crippen LogP contribution in [0.15, 0.2) is 30.5 Å². The number of nitrogens with zero attached hydrogens (tertiary/aromatic N) is 3. The molecule has 0 radical (unpaired) electrons. The number of aryl methyl sites for hydroxylation is 1. The van der Waals surface area contributed by atoms with Gasteiger partial charge in [-0.2, -0.15) is 0 Å². The molecular formula is C22H20FN3O3S. The minimum absolute atomic E-state index is 0.155. The van der Waals surface area contributed by atoms with Gasteiger partial charge in [-0.15, -0.1) is 11.3 Å². The zero-order valence-electron chi connectivity index (χ0n) is 16.6. The lowest BCUT2D eigenvalue weighted by molar-refractivity contribution is 0.0580. The van der Waals surface area contributed by atoms with E-state index < -0.39 is 11.9 Å². The quantitative estimate of drug-likeness (QED) is 0.513. The van der Waals surface area contributed by atoms with Crippen molar-refractivity contribution in [1.82, 2.24) is 15.0 Å². The van der Waals surface area contributed by atoms with Crippen LogP contribution in [0.25, 0.3) is 31.8 Å². The first-order valence-electron chi connectivity index (χ1n) is 9.78. The molecule has 2 unspecified atom stereocenters. The second kappa shape index (κ2) is 7.45. The molecule has 6 nitrogen and oxygen atoms in total. The molecule has 1 saturated carbocycles.